The normalized spacial score (nSPS) is 17.3. The van der Waals surface area contributed by atoms with Gasteiger partial charge < -0.3 is 9.80 Å². The van der Waals surface area contributed by atoms with Crippen molar-refractivity contribution in [2.45, 2.75) is 26.4 Å². The summed E-state index contributed by atoms with van der Waals surface area (Å²) in [5.74, 6) is 0.0769. The van der Waals surface area contributed by atoms with Gasteiger partial charge in [0, 0.05) is 30.6 Å². The number of rotatable bonds is 6. The highest BCUT2D eigenvalue weighted by atomic mass is 32.1. The van der Waals surface area contributed by atoms with Crippen LogP contribution in [-0.4, -0.2) is 39.7 Å². The summed E-state index contributed by atoms with van der Waals surface area (Å²) in [6.45, 7) is 3.74. The average Bonchev–Trinajstić information content (AvgIpc) is 3.20. The molecule has 0 unspecified atom stereocenters. The molecule has 2 amide bonds. The summed E-state index contributed by atoms with van der Waals surface area (Å²) in [5.41, 5.74) is 1.07. The molecule has 1 aliphatic rings. The van der Waals surface area contributed by atoms with E-state index in [4.69, 9.17) is 0 Å². The van der Waals surface area contributed by atoms with Crippen LogP contribution in [0.5, 0.6) is 0 Å². The minimum atomic E-state index is -0.0310. The van der Waals surface area contributed by atoms with E-state index in [1.807, 2.05) is 42.6 Å². The SMILES string of the molecule is C[C@@H]1CCN(CC(=O)N(Cc2ccccc2)Cc2nccs2)C1=O. The summed E-state index contributed by atoms with van der Waals surface area (Å²) in [6, 6.07) is 9.90. The summed E-state index contributed by atoms with van der Waals surface area (Å²) in [6.07, 6.45) is 2.58. The second-order valence-corrected chi connectivity index (χ2v) is 7.09. The highest BCUT2D eigenvalue weighted by Gasteiger charge is 2.30. The average molecular weight is 343 g/mol. The van der Waals surface area contributed by atoms with Crippen LogP contribution >= 0.6 is 11.3 Å². The quantitative estimate of drug-likeness (QED) is 0.810. The Morgan fingerprint density at radius 2 is 2.12 bits per heavy atom. The van der Waals surface area contributed by atoms with E-state index in [9.17, 15) is 9.59 Å². The molecule has 5 nitrogen and oxygen atoms in total. The highest BCUT2D eigenvalue weighted by molar-refractivity contribution is 7.09. The molecule has 1 aromatic heterocycles. The van der Waals surface area contributed by atoms with Crippen LogP contribution in [-0.2, 0) is 22.7 Å². The van der Waals surface area contributed by atoms with Crippen LogP contribution < -0.4 is 0 Å². The number of benzene rings is 1. The lowest BCUT2D eigenvalue weighted by molar-refractivity contribution is -0.140. The summed E-state index contributed by atoms with van der Waals surface area (Å²) < 4.78 is 0. The number of carbonyl (C=O) groups is 2. The molecular formula is C18H21N3O2S. The molecule has 0 N–H and O–H groups in total. The first kappa shape index (κ1) is 16.6. The standard InChI is InChI=1S/C18H21N3O2S/c1-14-7-9-20(18(14)23)13-17(22)21(12-16-19-8-10-24-16)11-15-5-3-2-4-6-15/h2-6,8,10,14H,7,9,11-13H2,1H3/t14-/m1/s1. The van der Waals surface area contributed by atoms with Gasteiger partial charge in [-0.2, -0.15) is 0 Å². The number of amides is 2. The fourth-order valence-corrected chi connectivity index (χ4v) is 3.48. The summed E-state index contributed by atoms with van der Waals surface area (Å²) in [5, 5.41) is 2.81. The Morgan fingerprint density at radius 3 is 2.75 bits per heavy atom. The zero-order valence-corrected chi connectivity index (χ0v) is 14.5. The Balaban J connectivity index is 1.70. The molecule has 1 fully saturated rings. The molecule has 2 heterocycles. The second-order valence-electron chi connectivity index (χ2n) is 6.11. The zero-order chi connectivity index (χ0) is 16.9. The van der Waals surface area contributed by atoms with E-state index in [0.29, 0.717) is 19.6 Å². The third-order valence-corrected chi connectivity index (χ3v) is 5.03. The molecule has 1 saturated heterocycles. The van der Waals surface area contributed by atoms with Gasteiger partial charge in [-0.15, -0.1) is 11.3 Å². The molecule has 2 aromatic rings. The summed E-state index contributed by atoms with van der Waals surface area (Å²) in [7, 11) is 0. The van der Waals surface area contributed by atoms with E-state index in [-0.39, 0.29) is 24.3 Å². The molecule has 3 rings (SSSR count). The van der Waals surface area contributed by atoms with Gasteiger partial charge in [0.1, 0.15) is 5.01 Å². The largest absolute Gasteiger partial charge is 0.333 e. The van der Waals surface area contributed by atoms with Crippen molar-refractivity contribution in [1.82, 2.24) is 14.8 Å². The van der Waals surface area contributed by atoms with Gasteiger partial charge in [0.2, 0.25) is 11.8 Å². The number of aromatic nitrogens is 1. The molecule has 0 bridgehead atoms. The molecule has 24 heavy (non-hydrogen) atoms. The Bertz CT molecular complexity index is 688. The second kappa shape index (κ2) is 7.57. The molecule has 126 valence electrons. The number of carbonyl (C=O) groups excluding carboxylic acids is 2. The molecule has 1 aliphatic heterocycles. The van der Waals surface area contributed by atoms with Crippen LogP contribution in [0, 0.1) is 5.92 Å². The van der Waals surface area contributed by atoms with Gasteiger partial charge in [-0.25, -0.2) is 4.98 Å². The maximum Gasteiger partial charge on any atom is 0.242 e. The molecule has 0 aliphatic carbocycles. The maximum atomic E-state index is 12.8. The fraction of sp³-hybridized carbons (Fsp3) is 0.389. The fourth-order valence-electron chi connectivity index (χ4n) is 2.85. The lowest BCUT2D eigenvalue weighted by Gasteiger charge is -2.25. The number of nitrogens with zero attached hydrogens (tertiary/aromatic N) is 3. The predicted octanol–water partition coefficient (Wildman–Crippen LogP) is 2.54. The van der Waals surface area contributed by atoms with Crippen LogP contribution in [0.3, 0.4) is 0 Å². The first-order valence-corrected chi connectivity index (χ1v) is 9.00. The van der Waals surface area contributed by atoms with Gasteiger partial charge in [-0.1, -0.05) is 37.3 Å². The van der Waals surface area contributed by atoms with Gasteiger partial charge in [-0.05, 0) is 12.0 Å². The monoisotopic (exact) mass is 343 g/mol. The van der Waals surface area contributed by atoms with E-state index in [0.717, 1.165) is 17.0 Å². The van der Waals surface area contributed by atoms with Crippen molar-refractivity contribution in [3.63, 3.8) is 0 Å². The van der Waals surface area contributed by atoms with Gasteiger partial charge in [0.15, 0.2) is 0 Å². The van der Waals surface area contributed by atoms with Gasteiger partial charge in [0.25, 0.3) is 0 Å². The van der Waals surface area contributed by atoms with Crippen LogP contribution in [0.25, 0.3) is 0 Å². The number of thiazole rings is 1. The molecule has 0 spiro atoms. The van der Waals surface area contributed by atoms with E-state index < -0.39 is 0 Å². The third kappa shape index (κ3) is 4.00. The topological polar surface area (TPSA) is 53.5 Å². The van der Waals surface area contributed by atoms with E-state index in [1.54, 1.807) is 16.0 Å². The van der Waals surface area contributed by atoms with E-state index in [2.05, 4.69) is 4.98 Å². The van der Waals surface area contributed by atoms with Crippen molar-refractivity contribution in [3.05, 3.63) is 52.5 Å². The van der Waals surface area contributed by atoms with Crippen molar-refractivity contribution < 1.29 is 9.59 Å². The van der Waals surface area contributed by atoms with E-state index in [1.165, 1.54) is 11.3 Å². The van der Waals surface area contributed by atoms with Crippen LogP contribution in [0.15, 0.2) is 41.9 Å². The van der Waals surface area contributed by atoms with Crippen molar-refractivity contribution in [1.29, 1.82) is 0 Å². The molecule has 6 heteroatoms. The maximum absolute atomic E-state index is 12.8. The van der Waals surface area contributed by atoms with Gasteiger partial charge >= 0.3 is 0 Å². The summed E-state index contributed by atoms with van der Waals surface area (Å²) >= 11 is 1.54. The first-order valence-electron chi connectivity index (χ1n) is 8.12. The van der Waals surface area contributed by atoms with Crippen LogP contribution in [0.2, 0.25) is 0 Å². The number of hydrogen-bond donors (Lipinski definition) is 0. The number of hydrogen-bond acceptors (Lipinski definition) is 4. The highest BCUT2D eigenvalue weighted by Crippen LogP contribution is 2.18. The smallest absolute Gasteiger partial charge is 0.242 e. The number of likely N-dealkylation sites (tertiary alicyclic amines) is 1. The molecule has 0 saturated carbocycles. The Kier molecular flexibility index (Phi) is 5.25. The van der Waals surface area contributed by atoms with Crippen molar-refractivity contribution in [3.8, 4) is 0 Å². The lowest BCUT2D eigenvalue weighted by Crippen LogP contribution is -2.40. The minimum Gasteiger partial charge on any atom is -0.333 e. The minimum absolute atomic E-state index is 0.0272. The van der Waals surface area contributed by atoms with Gasteiger partial charge in [0.05, 0.1) is 13.1 Å². The molecular weight excluding hydrogens is 322 g/mol. The zero-order valence-electron chi connectivity index (χ0n) is 13.7. The Morgan fingerprint density at radius 1 is 1.33 bits per heavy atom. The Hall–Kier alpha value is -2.21. The Labute approximate surface area is 145 Å². The van der Waals surface area contributed by atoms with Crippen LogP contribution in [0.4, 0.5) is 0 Å². The summed E-state index contributed by atoms with van der Waals surface area (Å²) in [4.78, 5) is 32.6. The molecule has 1 aromatic carbocycles. The predicted molar refractivity (Wildman–Crippen MR) is 93.2 cm³/mol. The lowest BCUT2D eigenvalue weighted by atomic mass is 10.1. The molecule has 0 radical (unpaired) electrons. The van der Waals surface area contributed by atoms with E-state index >= 15 is 0 Å². The third-order valence-electron chi connectivity index (χ3n) is 4.27. The van der Waals surface area contributed by atoms with Crippen molar-refractivity contribution in [2.75, 3.05) is 13.1 Å². The molecule has 1 atom stereocenters. The van der Waals surface area contributed by atoms with Crippen LogP contribution in [0.1, 0.15) is 23.9 Å². The van der Waals surface area contributed by atoms with Crippen molar-refractivity contribution in [2.24, 2.45) is 5.92 Å². The van der Waals surface area contributed by atoms with Gasteiger partial charge in [-0.3, -0.25) is 9.59 Å². The van der Waals surface area contributed by atoms with Crippen molar-refractivity contribution >= 4 is 23.2 Å². The first-order chi connectivity index (χ1) is 11.6.